The molecule has 0 bridgehead atoms. The van der Waals surface area contributed by atoms with E-state index in [-0.39, 0.29) is 5.91 Å². The number of hydrogen-bond donors (Lipinski definition) is 1. The summed E-state index contributed by atoms with van der Waals surface area (Å²) in [5, 5.41) is 3.55. The third-order valence-electron chi connectivity index (χ3n) is 6.71. The Hall–Kier alpha value is -3.35. The molecule has 36 heavy (non-hydrogen) atoms. The molecule has 190 valence electrons. The monoisotopic (exact) mass is 488 g/mol. The predicted molar refractivity (Wildman–Crippen MR) is 143 cm³/mol. The number of nitrogens with zero attached hydrogens (tertiary/aromatic N) is 1. The molecule has 1 heterocycles. The molecule has 2 atom stereocenters. The molecule has 1 amide bonds. The zero-order chi connectivity index (χ0) is 25.2. The van der Waals surface area contributed by atoms with Crippen LogP contribution in [0.2, 0.25) is 0 Å². The summed E-state index contributed by atoms with van der Waals surface area (Å²) in [6.07, 6.45) is 1.75. The Morgan fingerprint density at radius 3 is 2.33 bits per heavy atom. The van der Waals surface area contributed by atoms with Crippen molar-refractivity contribution in [1.82, 2.24) is 5.32 Å². The molecule has 1 aliphatic rings. The smallest absolute Gasteiger partial charge is 0.258 e. The van der Waals surface area contributed by atoms with E-state index in [9.17, 15) is 4.79 Å². The Bertz CT molecular complexity index is 1090. The molecule has 1 saturated heterocycles. The molecule has 1 N–H and O–H groups in total. The van der Waals surface area contributed by atoms with Crippen LogP contribution in [0, 0.1) is 11.8 Å². The Kier molecular flexibility index (Phi) is 9.36. The summed E-state index contributed by atoms with van der Waals surface area (Å²) in [5.74, 6) is 1.94. The highest BCUT2D eigenvalue weighted by Gasteiger charge is 2.31. The molecule has 1 fully saturated rings. The first-order valence-electron chi connectivity index (χ1n) is 12.6. The quantitative estimate of drug-likeness (QED) is 0.370. The largest absolute Gasteiger partial charge is 0.493 e. The number of benzene rings is 3. The molecule has 3 aromatic rings. The van der Waals surface area contributed by atoms with Gasteiger partial charge in [0.05, 0.1) is 13.7 Å². The molecule has 0 spiro atoms. The highest BCUT2D eigenvalue weighted by Crippen LogP contribution is 2.31. The lowest BCUT2D eigenvalue weighted by molar-refractivity contribution is 0.0980. The molecule has 0 aromatic heterocycles. The number of anilines is 1. The molecule has 6 nitrogen and oxygen atoms in total. The molecular weight excluding hydrogens is 452 g/mol. The molecule has 0 radical (unpaired) electrons. The molecule has 6 heteroatoms. The highest BCUT2D eigenvalue weighted by atomic mass is 16.5. The average Bonchev–Trinajstić information content (AvgIpc) is 3.36. The Morgan fingerprint density at radius 2 is 1.61 bits per heavy atom. The molecule has 0 saturated carbocycles. The number of ether oxygens (including phenoxy) is 3. The standard InChI is InChI=1S/C30H36N2O4/c1-34-16-9-17-36-29-19-24(14-15-28(29)35-2)30(33)32(27-12-7-4-8-13-27)22-26-21-31-20-25(26)18-23-10-5-3-6-11-23/h3-8,10-15,19,25-26,31H,9,16-18,20-22H2,1-2H3. The Balaban J connectivity index is 1.55. The van der Waals surface area contributed by atoms with Crippen LogP contribution in [0.4, 0.5) is 5.69 Å². The summed E-state index contributed by atoms with van der Waals surface area (Å²) in [7, 11) is 3.28. The van der Waals surface area contributed by atoms with Crippen LogP contribution >= 0.6 is 0 Å². The minimum atomic E-state index is -0.0454. The number of hydrogen-bond acceptors (Lipinski definition) is 5. The van der Waals surface area contributed by atoms with Gasteiger partial charge in [0.2, 0.25) is 0 Å². The minimum absolute atomic E-state index is 0.0454. The summed E-state index contributed by atoms with van der Waals surface area (Å²) in [5.41, 5.74) is 2.80. The van der Waals surface area contributed by atoms with E-state index in [2.05, 4.69) is 29.6 Å². The topological polar surface area (TPSA) is 60.0 Å². The summed E-state index contributed by atoms with van der Waals surface area (Å²) in [6, 6.07) is 25.9. The van der Waals surface area contributed by atoms with Crippen molar-refractivity contribution < 1.29 is 19.0 Å². The number of amides is 1. The lowest BCUT2D eigenvalue weighted by Crippen LogP contribution is -2.38. The summed E-state index contributed by atoms with van der Waals surface area (Å²) >= 11 is 0. The fourth-order valence-corrected chi connectivity index (χ4v) is 4.77. The van der Waals surface area contributed by atoms with Gasteiger partial charge < -0.3 is 24.4 Å². The van der Waals surface area contributed by atoms with E-state index in [0.29, 0.717) is 48.7 Å². The lowest BCUT2D eigenvalue weighted by Gasteiger charge is -2.29. The van der Waals surface area contributed by atoms with Gasteiger partial charge >= 0.3 is 0 Å². The fraction of sp³-hybridized carbons (Fsp3) is 0.367. The molecular formula is C30H36N2O4. The van der Waals surface area contributed by atoms with E-state index in [1.54, 1.807) is 26.4 Å². The van der Waals surface area contributed by atoms with Gasteiger partial charge in [0, 0.05) is 37.9 Å². The van der Waals surface area contributed by atoms with Crippen LogP contribution in [-0.2, 0) is 11.2 Å². The van der Waals surface area contributed by atoms with Crippen molar-refractivity contribution in [2.45, 2.75) is 12.8 Å². The van der Waals surface area contributed by atoms with E-state index < -0.39 is 0 Å². The van der Waals surface area contributed by atoms with Crippen molar-refractivity contribution >= 4 is 11.6 Å². The number of rotatable bonds is 12. The van der Waals surface area contributed by atoms with E-state index in [1.165, 1.54) is 5.56 Å². The van der Waals surface area contributed by atoms with Crippen molar-refractivity contribution in [1.29, 1.82) is 0 Å². The van der Waals surface area contributed by atoms with Gasteiger partial charge in [-0.1, -0.05) is 48.5 Å². The van der Waals surface area contributed by atoms with Crippen LogP contribution in [0.1, 0.15) is 22.3 Å². The lowest BCUT2D eigenvalue weighted by atomic mass is 9.89. The van der Waals surface area contributed by atoms with Gasteiger partial charge in [-0.2, -0.15) is 0 Å². The minimum Gasteiger partial charge on any atom is -0.493 e. The Morgan fingerprint density at radius 1 is 0.889 bits per heavy atom. The third-order valence-corrected chi connectivity index (χ3v) is 6.71. The van der Waals surface area contributed by atoms with Crippen LogP contribution in [0.5, 0.6) is 11.5 Å². The van der Waals surface area contributed by atoms with Gasteiger partial charge in [-0.15, -0.1) is 0 Å². The normalized spacial score (nSPS) is 17.1. The zero-order valence-electron chi connectivity index (χ0n) is 21.2. The van der Waals surface area contributed by atoms with Crippen LogP contribution < -0.4 is 19.7 Å². The van der Waals surface area contributed by atoms with Crippen LogP contribution in [0.15, 0.2) is 78.9 Å². The Labute approximate surface area is 214 Å². The summed E-state index contributed by atoms with van der Waals surface area (Å²) in [6.45, 7) is 3.59. The molecule has 1 aliphatic heterocycles. The van der Waals surface area contributed by atoms with E-state index >= 15 is 0 Å². The number of carbonyl (C=O) groups excluding carboxylic acids is 1. The van der Waals surface area contributed by atoms with Crippen molar-refractivity contribution in [3.05, 3.63) is 90.0 Å². The summed E-state index contributed by atoms with van der Waals surface area (Å²) < 4.78 is 16.5. The second kappa shape index (κ2) is 13.1. The SMILES string of the molecule is COCCCOc1cc(C(=O)N(CC2CNCC2Cc2ccccc2)c2ccccc2)ccc1OC. The third kappa shape index (κ3) is 6.65. The molecule has 0 aliphatic carbocycles. The molecule has 3 aromatic carbocycles. The first-order valence-corrected chi connectivity index (χ1v) is 12.6. The first-order chi connectivity index (χ1) is 17.7. The van der Waals surface area contributed by atoms with Crippen molar-refractivity contribution in [2.24, 2.45) is 11.8 Å². The fourth-order valence-electron chi connectivity index (χ4n) is 4.77. The van der Waals surface area contributed by atoms with Crippen molar-refractivity contribution in [3.8, 4) is 11.5 Å². The molecule has 2 unspecified atom stereocenters. The second-order valence-corrected chi connectivity index (χ2v) is 9.18. The van der Waals surface area contributed by atoms with Crippen LogP contribution in [0.3, 0.4) is 0 Å². The second-order valence-electron chi connectivity index (χ2n) is 9.18. The maximum atomic E-state index is 13.9. The average molecular weight is 489 g/mol. The first kappa shape index (κ1) is 25.7. The highest BCUT2D eigenvalue weighted by molar-refractivity contribution is 6.06. The van der Waals surface area contributed by atoms with Gasteiger partial charge in [0.1, 0.15) is 0 Å². The molecule has 4 rings (SSSR count). The number of methoxy groups -OCH3 is 2. The number of para-hydroxylation sites is 1. The van der Waals surface area contributed by atoms with Crippen molar-refractivity contribution in [3.63, 3.8) is 0 Å². The zero-order valence-corrected chi connectivity index (χ0v) is 21.2. The predicted octanol–water partition coefficient (Wildman–Crippen LogP) is 4.84. The van der Waals surface area contributed by atoms with Gasteiger partial charge in [-0.05, 0) is 67.2 Å². The van der Waals surface area contributed by atoms with E-state index in [0.717, 1.165) is 31.6 Å². The van der Waals surface area contributed by atoms with E-state index in [4.69, 9.17) is 14.2 Å². The van der Waals surface area contributed by atoms with Crippen molar-refractivity contribution in [2.75, 3.05) is 52.0 Å². The van der Waals surface area contributed by atoms with Gasteiger partial charge in [-0.25, -0.2) is 0 Å². The summed E-state index contributed by atoms with van der Waals surface area (Å²) in [4.78, 5) is 15.8. The van der Waals surface area contributed by atoms with Crippen LogP contribution in [-0.4, -0.2) is 53.0 Å². The van der Waals surface area contributed by atoms with E-state index in [1.807, 2.05) is 47.4 Å². The number of carbonyl (C=O) groups is 1. The maximum absolute atomic E-state index is 13.9. The maximum Gasteiger partial charge on any atom is 0.258 e. The van der Waals surface area contributed by atoms with Gasteiger partial charge in [0.25, 0.3) is 5.91 Å². The van der Waals surface area contributed by atoms with Gasteiger partial charge in [0.15, 0.2) is 11.5 Å². The van der Waals surface area contributed by atoms with Gasteiger partial charge in [-0.3, -0.25) is 4.79 Å². The number of nitrogens with one attached hydrogen (secondary N) is 1. The van der Waals surface area contributed by atoms with Crippen LogP contribution in [0.25, 0.3) is 0 Å².